The Morgan fingerprint density at radius 1 is 1.38 bits per heavy atom. The van der Waals surface area contributed by atoms with Crippen molar-refractivity contribution in [3.63, 3.8) is 0 Å². The molecule has 1 unspecified atom stereocenters. The average Bonchev–Trinajstić information content (AvgIpc) is 2.51. The van der Waals surface area contributed by atoms with Gasteiger partial charge >= 0.3 is 0 Å². The van der Waals surface area contributed by atoms with Crippen LogP contribution in [0.25, 0.3) is 0 Å². The molecule has 0 fully saturated rings. The molecular weight excluding hydrogens is 266 g/mol. The molecule has 0 bridgehead atoms. The Morgan fingerprint density at radius 3 is 2.76 bits per heavy atom. The van der Waals surface area contributed by atoms with Crippen LogP contribution in [0.4, 0.5) is 0 Å². The Kier molecular flexibility index (Phi) is 8.43. The topological polar surface area (TPSA) is 77.2 Å². The third-order valence-corrected chi connectivity index (χ3v) is 3.55. The van der Waals surface area contributed by atoms with Crippen LogP contribution >= 0.6 is 0 Å². The van der Waals surface area contributed by atoms with Crippen LogP contribution in [-0.2, 0) is 11.3 Å². The van der Waals surface area contributed by atoms with Gasteiger partial charge in [0.05, 0.1) is 7.11 Å². The zero-order valence-corrected chi connectivity index (χ0v) is 13.1. The molecule has 1 atom stereocenters. The number of nitrogens with zero attached hydrogens (tertiary/aromatic N) is 1. The molecule has 21 heavy (non-hydrogen) atoms. The van der Waals surface area contributed by atoms with Crippen molar-refractivity contribution in [3.8, 4) is 5.88 Å². The zero-order chi connectivity index (χ0) is 15.5. The van der Waals surface area contributed by atoms with E-state index >= 15 is 0 Å². The number of nitrogens with one attached hydrogen (secondary N) is 1. The summed E-state index contributed by atoms with van der Waals surface area (Å²) in [5.74, 6) is 1.23. The molecule has 0 aliphatic carbocycles. The van der Waals surface area contributed by atoms with Crippen LogP contribution in [0.5, 0.6) is 5.88 Å². The molecule has 118 valence electrons. The van der Waals surface area contributed by atoms with E-state index in [-0.39, 0.29) is 5.91 Å². The Labute approximate surface area is 127 Å². The summed E-state index contributed by atoms with van der Waals surface area (Å²) in [6.45, 7) is 3.37. The van der Waals surface area contributed by atoms with Crippen LogP contribution in [0.15, 0.2) is 18.3 Å². The summed E-state index contributed by atoms with van der Waals surface area (Å²) in [6, 6.07) is 3.69. The largest absolute Gasteiger partial charge is 0.481 e. The van der Waals surface area contributed by atoms with Gasteiger partial charge in [-0.15, -0.1) is 0 Å². The van der Waals surface area contributed by atoms with E-state index in [0.29, 0.717) is 31.3 Å². The van der Waals surface area contributed by atoms with Crippen molar-refractivity contribution < 1.29 is 9.53 Å². The quantitative estimate of drug-likeness (QED) is 0.693. The van der Waals surface area contributed by atoms with Gasteiger partial charge in [-0.05, 0) is 30.9 Å². The number of hydrogen-bond acceptors (Lipinski definition) is 4. The van der Waals surface area contributed by atoms with E-state index in [1.807, 2.05) is 6.07 Å². The van der Waals surface area contributed by atoms with Crippen molar-refractivity contribution in [2.24, 2.45) is 11.7 Å². The summed E-state index contributed by atoms with van der Waals surface area (Å²) in [5.41, 5.74) is 6.58. The molecule has 0 saturated carbocycles. The van der Waals surface area contributed by atoms with Crippen LogP contribution < -0.4 is 15.8 Å². The number of pyridine rings is 1. The lowest BCUT2D eigenvalue weighted by atomic mass is 9.94. The van der Waals surface area contributed by atoms with E-state index in [1.54, 1.807) is 19.4 Å². The molecule has 1 aromatic rings. The highest BCUT2D eigenvalue weighted by Crippen LogP contribution is 2.16. The average molecular weight is 293 g/mol. The number of hydrogen-bond donors (Lipinski definition) is 2. The van der Waals surface area contributed by atoms with Crippen molar-refractivity contribution in [1.29, 1.82) is 0 Å². The fraction of sp³-hybridized carbons (Fsp3) is 0.625. The van der Waals surface area contributed by atoms with Gasteiger partial charge in [0.1, 0.15) is 0 Å². The van der Waals surface area contributed by atoms with Gasteiger partial charge in [0.15, 0.2) is 0 Å². The maximum Gasteiger partial charge on any atom is 0.220 e. The number of methoxy groups -OCH3 is 1. The van der Waals surface area contributed by atoms with Gasteiger partial charge in [0, 0.05) is 25.2 Å². The van der Waals surface area contributed by atoms with Gasteiger partial charge in [-0.1, -0.05) is 25.8 Å². The first-order valence-corrected chi connectivity index (χ1v) is 7.65. The Balaban J connectivity index is 2.29. The summed E-state index contributed by atoms with van der Waals surface area (Å²) in [7, 11) is 1.58. The van der Waals surface area contributed by atoms with Crippen molar-refractivity contribution in [2.75, 3.05) is 13.7 Å². The standard InChI is InChI=1S/C16H27N3O2/c1-3-4-13(9-10-17)5-7-15(20)18-11-14-6-8-16(21-2)19-12-14/h6,8,12-13H,3-5,7,9-11,17H2,1-2H3,(H,18,20). The Bertz CT molecular complexity index is 400. The minimum atomic E-state index is 0.0870. The molecular formula is C16H27N3O2. The second-order valence-corrected chi connectivity index (χ2v) is 5.26. The molecule has 1 aromatic heterocycles. The molecule has 1 amide bonds. The minimum Gasteiger partial charge on any atom is -0.481 e. The van der Waals surface area contributed by atoms with Gasteiger partial charge in [0.25, 0.3) is 0 Å². The summed E-state index contributed by atoms with van der Waals surface area (Å²) in [4.78, 5) is 16.0. The maximum atomic E-state index is 11.9. The van der Waals surface area contributed by atoms with Crippen LogP contribution in [0.1, 0.15) is 44.6 Å². The molecule has 5 heteroatoms. The first-order valence-electron chi connectivity index (χ1n) is 7.65. The molecule has 0 aliphatic heterocycles. The summed E-state index contributed by atoms with van der Waals surface area (Å²) < 4.78 is 5.00. The maximum absolute atomic E-state index is 11.9. The first-order chi connectivity index (χ1) is 10.2. The third kappa shape index (κ3) is 7.09. The summed E-state index contributed by atoms with van der Waals surface area (Å²) in [6.07, 6.45) is 6.49. The molecule has 0 saturated heterocycles. The van der Waals surface area contributed by atoms with Gasteiger partial charge < -0.3 is 15.8 Å². The van der Waals surface area contributed by atoms with Gasteiger partial charge in [0.2, 0.25) is 11.8 Å². The van der Waals surface area contributed by atoms with E-state index in [4.69, 9.17) is 10.5 Å². The minimum absolute atomic E-state index is 0.0870. The molecule has 0 spiro atoms. The van der Waals surface area contributed by atoms with E-state index < -0.39 is 0 Å². The number of rotatable bonds is 10. The molecule has 0 aliphatic rings. The fourth-order valence-corrected chi connectivity index (χ4v) is 2.34. The first kappa shape index (κ1) is 17.4. The number of amides is 1. The molecule has 1 rings (SSSR count). The van der Waals surface area contributed by atoms with E-state index in [2.05, 4.69) is 17.2 Å². The normalized spacial score (nSPS) is 12.0. The Morgan fingerprint density at radius 2 is 2.19 bits per heavy atom. The smallest absolute Gasteiger partial charge is 0.220 e. The van der Waals surface area contributed by atoms with Gasteiger partial charge in [-0.2, -0.15) is 0 Å². The lowest BCUT2D eigenvalue weighted by molar-refractivity contribution is -0.121. The summed E-state index contributed by atoms with van der Waals surface area (Å²) in [5, 5.41) is 2.93. The van der Waals surface area contributed by atoms with E-state index in [0.717, 1.165) is 31.2 Å². The lowest BCUT2D eigenvalue weighted by Gasteiger charge is -2.14. The zero-order valence-electron chi connectivity index (χ0n) is 13.1. The monoisotopic (exact) mass is 293 g/mol. The van der Waals surface area contributed by atoms with Crippen molar-refractivity contribution in [1.82, 2.24) is 10.3 Å². The van der Waals surface area contributed by atoms with Crippen LogP contribution in [0.3, 0.4) is 0 Å². The van der Waals surface area contributed by atoms with Crippen LogP contribution in [-0.4, -0.2) is 24.5 Å². The predicted molar refractivity (Wildman–Crippen MR) is 83.9 cm³/mol. The van der Waals surface area contributed by atoms with E-state index in [9.17, 15) is 4.79 Å². The fourth-order valence-electron chi connectivity index (χ4n) is 2.34. The molecule has 3 N–H and O–H groups in total. The van der Waals surface area contributed by atoms with Crippen molar-refractivity contribution in [2.45, 2.75) is 45.6 Å². The van der Waals surface area contributed by atoms with Gasteiger partial charge in [-0.25, -0.2) is 4.98 Å². The molecule has 0 radical (unpaired) electrons. The van der Waals surface area contributed by atoms with E-state index in [1.165, 1.54) is 0 Å². The third-order valence-electron chi connectivity index (χ3n) is 3.55. The molecule has 1 heterocycles. The number of carbonyl (C=O) groups is 1. The number of ether oxygens (including phenoxy) is 1. The van der Waals surface area contributed by atoms with Crippen LogP contribution in [0, 0.1) is 5.92 Å². The Hall–Kier alpha value is -1.62. The van der Waals surface area contributed by atoms with Crippen molar-refractivity contribution >= 4 is 5.91 Å². The number of aromatic nitrogens is 1. The van der Waals surface area contributed by atoms with Crippen molar-refractivity contribution in [3.05, 3.63) is 23.9 Å². The number of nitrogens with two attached hydrogens (primary N) is 1. The molecule has 0 aromatic carbocycles. The SMILES string of the molecule is CCCC(CCN)CCC(=O)NCc1ccc(OC)nc1. The predicted octanol–water partition coefficient (Wildman–Crippen LogP) is 2.25. The highest BCUT2D eigenvalue weighted by atomic mass is 16.5. The highest BCUT2D eigenvalue weighted by molar-refractivity contribution is 5.75. The summed E-state index contributed by atoms with van der Waals surface area (Å²) >= 11 is 0. The second-order valence-electron chi connectivity index (χ2n) is 5.26. The number of carbonyl (C=O) groups excluding carboxylic acids is 1. The second kappa shape index (κ2) is 10.2. The lowest BCUT2D eigenvalue weighted by Crippen LogP contribution is -2.23. The van der Waals surface area contributed by atoms with Gasteiger partial charge in [-0.3, -0.25) is 4.79 Å². The van der Waals surface area contributed by atoms with Crippen LogP contribution in [0.2, 0.25) is 0 Å². The molecule has 5 nitrogen and oxygen atoms in total. The highest BCUT2D eigenvalue weighted by Gasteiger charge is 2.10.